The summed E-state index contributed by atoms with van der Waals surface area (Å²) in [5.41, 5.74) is 7.55. The van der Waals surface area contributed by atoms with Gasteiger partial charge in [0.1, 0.15) is 0 Å². The molecule has 100 valence electrons. The first-order valence-electron chi connectivity index (χ1n) is 5.99. The van der Waals surface area contributed by atoms with Crippen molar-refractivity contribution < 1.29 is 4.79 Å². The molecular formula is C12H16N6O. The first-order valence-corrected chi connectivity index (χ1v) is 5.99. The highest BCUT2D eigenvalue weighted by Gasteiger charge is 2.10. The normalized spacial score (nSPS) is 10.4. The van der Waals surface area contributed by atoms with Crippen molar-refractivity contribution in [3.8, 4) is 0 Å². The van der Waals surface area contributed by atoms with Crippen LogP contribution in [0.2, 0.25) is 0 Å². The largest absolute Gasteiger partial charge is 0.345 e. The van der Waals surface area contributed by atoms with Crippen LogP contribution in [0.25, 0.3) is 0 Å². The minimum Gasteiger partial charge on any atom is -0.345 e. The average molecular weight is 260 g/mol. The van der Waals surface area contributed by atoms with Crippen molar-refractivity contribution in [3.63, 3.8) is 0 Å². The number of nitrogens with zero attached hydrogens (tertiary/aromatic N) is 4. The highest BCUT2D eigenvalue weighted by Crippen LogP contribution is 2.02. The molecule has 19 heavy (non-hydrogen) atoms. The molecule has 0 bridgehead atoms. The Balaban J connectivity index is 1.95. The molecule has 0 saturated carbocycles. The van der Waals surface area contributed by atoms with Crippen molar-refractivity contribution >= 4 is 5.91 Å². The summed E-state index contributed by atoms with van der Waals surface area (Å²) >= 11 is 0. The second-order valence-electron chi connectivity index (χ2n) is 4.11. The van der Waals surface area contributed by atoms with Gasteiger partial charge in [0.05, 0.1) is 25.0 Å². The number of hydrogen-bond donors (Lipinski definition) is 2. The molecule has 0 saturated heterocycles. The van der Waals surface area contributed by atoms with Gasteiger partial charge in [0.15, 0.2) is 5.69 Å². The molecule has 2 rings (SSSR count). The van der Waals surface area contributed by atoms with Crippen molar-refractivity contribution in [1.29, 1.82) is 0 Å². The van der Waals surface area contributed by atoms with Crippen LogP contribution in [0.4, 0.5) is 0 Å². The molecule has 2 aromatic rings. The van der Waals surface area contributed by atoms with E-state index in [0.29, 0.717) is 19.6 Å². The number of aromatic nitrogens is 4. The monoisotopic (exact) mass is 260 g/mol. The van der Waals surface area contributed by atoms with Gasteiger partial charge in [0.2, 0.25) is 0 Å². The maximum atomic E-state index is 11.9. The van der Waals surface area contributed by atoms with E-state index in [2.05, 4.69) is 20.6 Å². The lowest BCUT2D eigenvalue weighted by Gasteiger charge is -2.04. The zero-order valence-electron chi connectivity index (χ0n) is 10.7. The third kappa shape index (κ3) is 3.35. The summed E-state index contributed by atoms with van der Waals surface area (Å²) in [5.74, 6) is -0.270. The minimum absolute atomic E-state index is 0.270. The van der Waals surface area contributed by atoms with Gasteiger partial charge >= 0.3 is 0 Å². The first kappa shape index (κ1) is 13.2. The molecule has 2 aromatic heterocycles. The van der Waals surface area contributed by atoms with Gasteiger partial charge in [-0.2, -0.15) is 0 Å². The van der Waals surface area contributed by atoms with Gasteiger partial charge in [0, 0.05) is 12.7 Å². The number of nitrogens with two attached hydrogens (primary N) is 1. The number of rotatable bonds is 5. The summed E-state index contributed by atoms with van der Waals surface area (Å²) in [4.78, 5) is 16.1. The summed E-state index contributed by atoms with van der Waals surface area (Å²) in [6, 6.07) is 3.81. The fraction of sp³-hybridized carbons (Fsp3) is 0.333. The van der Waals surface area contributed by atoms with Crippen LogP contribution >= 0.6 is 0 Å². The molecule has 0 aromatic carbocycles. The summed E-state index contributed by atoms with van der Waals surface area (Å²) in [6.45, 7) is 3.32. The second-order valence-corrected chi connectivity index (χ2v) is 4.11. The van der Waals surface area contributed by atoms with Crippen molar-refractivity contribution in [1.82, 2.24) is 25.3 Å². The highest BCUT2D eigenvalue weighted by atomic mass is 16.2. The van der Waals surface area contributed by atoms with E-state index in [9.17, 15) is 4.79 Å². The molecule has 0 fully saturated rings. The molecule has 3 N–H and O–H groups in total. The fourth-order valence-electron chi connectivity index (χ4n) is 1.60. The van der Waals surface area contributed by atoms with Gasteiger partial charge < -0.3 is 11.1 Å². The maximum absolute atomic E-state index is 11.9. The van der Waals surface area contributed by atoms with Crippen molar-refractivity contribution in [2.75, 3.05) is 6.54 Å². The minimum atomic E-state index is -0.270. The molecule has 0 atom stereocenters. The fourth-order valence-corrected chi connectivity index (χ4v) is 1.60. The average Bonchev–Trinajstić information content (AvgIpc) is 2.87. The number of carbonyl (C=O) groups excluding carboxylic acids is 1. The van der Waals surface area contributed by atoms with Crippen LogP contribution in [0.3, 0.4) is 0 Å². The SMILES string of the molecule is Cc1cccnc1CNC(=O)c1cn(CCN)nn1. The molecule has 0 radical (unpaired) electrons. The number of hydrogen-bond acceptors (Lipinski definition) is 5. The second kappa shape index (κ2) is 6.05. The smallest absolute Gasteiger partial charge is 0.273 e. The molecule has 0 aliphatic heterocycles. The Bertz CT molecular complexity index is 565. The summed E-state index contributed by atoms with van der Waals surface area (Å²) < 4.78 is 1.54. The van der Waals surface area contributed by atoms with Crippen molar-refractivity contribution in [2.24, 2.45) is 5.73 Å². The Kier molecular flexibility index (Phi) is 4.19. The Labute approximate surface area is 110 Å². The molecule has 1 amide bonds. The van der Waals surface area contributed by atoms with Crippen LogP contribution in [0.5, 0.6) is 0 Å². The standard InChI is InChI=1S/C12H16N6O/c1-9-3-2-5-14-10(9)7-15-12(19)11-8-18(6-4-13)17-16-11/h2-3,5,8H,4,6-7,13H2,1H3,(H,15,19). The number of pyridine rings is 1. The van der Waals surface area contributed by atoms with E-state index in [4.69, 9.17) is 5.73 Å². The van der Waals surface area contributed by atoms with E-state index < -0.39 is 0 Å². The molecule has 0 aliphatic carbocycles. The molecule has 0 aliphatic rings. The van der Waals surface area contributed by atoms with Gasteiger partial charge in [0.25, 0.3) is 5.91 Å². The lowest BCUT2D eigenvalue weighted by Crippen LogP contribution is -2.24. The third-order valence-electron chi connectivity index (χ3n) is 2.66. The Morgan fingerprint density at radius 2 is 2.37 bits per heavy atom. The predicted molar refractivity (Wildman–Crippen MR) is 69.2 cm³/mol. The van der Waals surface area contributed by atoms with Crippen LogP contribution < -0.4 is 11.1 Å². The Morgan fingerprint density at radius 3 is 3.11 bits per heavy atom. The van der Waals surface area contributed by atoms with Crippen molar-refractivity contribution in [3.05, 3.63) is 41.5 Å². The maximum Gasteiger partial charge on any atom is 0.273 e. The van der Waals surface area contributed by atoms with E-state index in [-0.39, 0.29) is 11.6 Å². The summed E-state index contributed by atoms with van der Waals surface area (Å²) in [6.07, 6.45) is 3.28. The van der Waals surface area contributed by atoms with E-state index in [1.54, 1.807) is 17.1 Å². The van der Waals surface area contributed by atoms with E-state index in [1.165, 1.54) is 0 Å². The van der Waals surface area contributed by atoms with Crippen LogP contribution in [-0.4, -0.2) is 32.4 Å². The number of aryl methyl sites for hydroxylation is 1. The van der Waals surface area contributed by atoms with Gasteiger partial charge in [-0.1, -0.05) is 11.3 Å². The van der Waals surface area contributed by atoms with Crippen LogP contribution in [-0.2, 0) is 13.1 Å². The topological polar surface area (TPSA) is 98.7 Å². The van der Waals surface area contributed by atoms with E-state index in [1.807, 2.05) is 19.1 Å². The zero-order chi connectivity index (χ0) is 13.7. The first-order chi connectivity index (χ1) is 9.20. The van der Waals surface area contributed by atoms with E-state index >= 15 is 0 Å². The van der Waals surface area contributed by atoms with Gasteiger partial charge in [-0.25, -0.2) is 0 Å². The van der Waals surface area contributed by atoms with Gasteiger partial charge in [-0.3, -0.25) is 14.5 Å². The molecule has 0 unspecified atom stereocenters. The lowest BCUT2D eigenvalue weighted by atomic mass is 10.2. The summed E-state index contributed by atoms with van der Waals surface area (Å²) in [5, 5.41) is 10.4. The highest BCUT2D eigenvalue weighted by molar-refractivity contribution is 5.91. The Hall–Kier alpha value is -2.28. The molecule has 2 heterocycles. The van der Waals surface area contributed by atoms with Crippen molar-refractivity contribution in [2.45, 2.75) is 20.0 Å². The Morgan fingerprint density at radius 1 is 1.53 bits per heavy atom. The lowest BCUT2D eigenvalue weighted by molar-refractivity contribution is 0.0945. The quantitative estimate of drug-likeness (QED) is 0.780. The number of amides is 1. The number of carbonyl (C=O) groups is 1. The molecular weight excluding hydrogens is 244 g/mol. The van der Waals surface area contributed by atoms with E-state index in [0.717, 1.165) is 11.3 Å². The van der Waals surface area contributed by atoms with Crippen LogP contribution in [0, 0.1) is 6.92 Å². The number of nitrogens with one attached hydrogen (secondary N) is 1. The van der Waals surface area contributed by atoms with Gasteiger partial charge in [-0.15, -0.1) is 5.10 Å². The van der Waals surface area contributed by atoms with Crippen LogP contribution in [0.15, 0.2) is 24.5 Å². The van der Waals surface area contributed by atoms with Gasteiger partial charge in [-0.05, 0) is 18.6 Å². The molecule has 7 nitrogen and oxygen atoms in total. The predicted octanol–water partition coefficient (Wildman–Crippen LogP) is -0.130. The molecule has 7 heteroatoms. The summed E-state index contributed by atoms with van der Waals surface area (Å²) in [7, 11) is 0. The zero-order valence-corrected chi connectivity index (χ0v) is 10.7. The van der Waals surface area contributed by atoms with Crippen LogP contribution in [0.1, 0.15) is 21.7 Å². The third-order valence-corrected chi connectivity index (χ3v) is 2.66. The molecule has 0 spiro atoms.